The molecule has 0 fully saturated rings. The van der Waals surface area contributed by atoms with Crippen molar-refractivity contribution in [2.75, 3.05) is 0 Å². The Morgan fingerprint density at radius 3 is 1.74 bits per heavy atom. The van der Waals surface area contributed by atoms with Gasteiger partial charge in [-0.25, -0.2) is 15.0 Å². The summed E-state index contributed by atoms with van der Waals surface area (Å²) >= 11 is 3.63. The van der Waals surface area contributed by atoms with E-state index < -0.39 is 0 Å². The maximum absolute atomic E-state index is 6.21. The number of nitrogens with zero attached hydrogens (tertiary/aromatic N) is 3. The molecule has 2 aromatic heterocycles. The van der Waals surface area contributed by atoms with Gasteiger partial charge in [-0.1, -0.05) is 113 Å². The van der Waals surface area contributed by atoms with Crippen molar-refractivity contribution in [1.82, 2.24) is 15.0 Å². The first-order chi connectivity index (χ1) is 18.7. The SMILES string of the molecule is Brc1ccc2oc3cccc(-c4ccccc4-c4nc(-c5ccccc5)nc(-c5ccccc5)n4)c3c2c1. The van der Waals surface area contributed by atoms with Crippen LogP contribution < -0.4 is 0 Å². The summed E-state index contributed by atoms with van der Waals surface area (Å²) in [5.41, 5.74) is 6.61. The zero-order chi connectivity index (χ0) is 25.5. The summed E-state index contributed by atoms with van der Waals surface area (Å²) in [5, 5.41) is 2.13. The van der Waals surface area contributed by atoms with Crippen LogP contribution in [0.5, 0.6) is 0 Å². The predicted molar refractivity (Wildman–Crippen MR) is 157 cm³/mol. The van der Waals surface area contributed by atoms with Gasteiger partial charge in [-0.2, -0.15) is 0 Å². The van der Waals surface area contributed by atoms with Crippen LogP contribution in [0.15, 0.2) is 130 Å². The fourth-order valence-corrected chi connectivity index (χ4v) is 5.23. The molecule has 7 rings (SSSR count). The lowest BCUT2D eigenvalue weighted by Crippen LogP contribution is -2.01. The summed E-state index contributed by atoms with van der Waals surface area (Å²) in [6.07, 6.45) is 0. The average Bonchev–Trinajstić information content (AvgIpc) is 3.36. The lowest BCUT2D eigenvalue weighted by atomic mass is 9.95. The van der Waals surface area contributed by atoms with Crippen molar-refractivity contribution in [2.24, 2.45) is 0 Å². The zero-order valence-electron chi connectivity index (χ0n) is 20.2. The number of aromatic nitrogens is 3. The van der Waals surface area contributed by atoms with Crippen molar-refractivity contribution < 1.29 is 4.42 Å². The van der Waals surface area contributed by atoms with E-state index in [1.807, 2.05) is 97.1 Å². The van der Waals surface area contributed by atoms with E-state index in [-0.39, 0.29) is 0 Å². The van der Waals surface area contributed by atoms with E-state index >= 15 is 0 Å². The molecular formula is C33H20BrN3O. The van der Waals surface area contributed by atoms with Gasteiger partial charge in [-0.3, -0.25) is 0 Å². The van der Waals surface area contributed by atoms with Gasteiger partial charge in [0.2, 0.25) is 0 Å². The maximum atomic E-state index is 6.21. The van der Waals surface area contributed by atoms with Crippen LogP contribution in [0.2, 0.25) is 0 Å². The molecule has 7 aromatic rings. The number of fused-ring (bicyclic) bond motifs is 3. The standard InChI is InChI=1S/C33H20BrN3O/c34-23-18-19-28-27(20-23)30-25(16-9-17-29(30)38-28)24-14-7-8-15-26(24)33-36-31(21-10-3-1-4-11-21)35-32(37-33)22-12-5-2-6-13-22/h1-20H. The van der Waals surface area contributed by atoms with Crippen LogP contribution >= 0.6 is 15.9 Å². The number of hydrogen-bond donors (Lipinski definition) is 0. The van der Waals surface area contributed by atoms with Gasteiger partial charge in [-0.05, 0) is 35.4 Å². The minimum atomic E-state index is 0.624. The third-order valence-corrected chi connectivity index (χ3v) is 7.11. The van der Waals surface area contributed by atoms with Gasteiger partial charge in [-0.15, -0.1) is 0 Å². The van der Waals surface area contributed by atoms with Crippen LogP contribution in [0.25, 0.3) is 67.2 Å². The van der Waals surface area contributed by atoms with Crippen LogP contribution in [-0.2, 0) is 0 Å². The minimum absolute atomic E-state index is 0.624. The third-order valence-electron chi connectivity index (χ3n) is 6.61. The average molecular weight is 554 g/mol. The molecule has 0 spiro atoms. The molecule has 0 aliphatic carbocycles. The van der Waals surface area contributed by atoms with Crippen molar-refractivity contribution >= 4 is 37.9 Å². The second-order valence-corrected chi connectivity index (χ2v) is 9.92. The largest absolute Gasteiger partial charge is 0.456 e. The van der Waals surface area contributed by atoms with Crippen LogP contribution in [0.3, 0.4) is 0 Å². The van der Waals surface area contributed by atoms with E-state index in [2.05, 4.69) is 40.2 Å². The topological polar surface area (TPSA) is 51.8 Å². The fourth-order valence-electron chi connectivity index (χ4n) is 4.87. The quantitative estimate of drug-likeness (QED) is 0.218. The van der Waals surface area contributed by atoms with Gasteiger partial charge in [0.05, 0.1) is 0 Å². The molecule has 0 saturated carbocycles. The highest BCUT2D eigenvalue weighted by Gasteiger charge is 2.18. The Morgan fingerprint density at radius 1 is 0.474 bits per heavy atom. The smallest absolute Gasteiger partial charge is 0.164 e. The third kappa shape index (κ3) is 3.98. The first kappa shape index (κ1) is 22.6. The molecule has 2 heterocycles. The Labute approximate surface area is 227 Å². The molecule has 0 atom stereocenters. The fraction of sp³-hybridized carbons (Fsp3) is 0. The normalized spacial score (nSPS) is 11.3. The molecule has 5 heteroatoms. The highest BCUT2D eigenvalue weighted by Crippen LogP contribution is 2.41. The molecule has 5 aromatic carbocycles. The van der Waals surface area contributed by atoms with Crippen LogP contribution in [0, 0.1) is 0 Å². The van der Waals surface area contributed by atoms with Crippen molar-refractivity contribution in [3.8, 4) is 45.3 Å². The molecule has 0 N–H and O–H groups in total. The van der Waals surface area contributed by atoms with Gasteiger partial charge in [0.1, 0.15) is 11.2 Å². The lowest BCUT2D eigenvalue weighted by molar-refractivity contribution is 0.669. The Balaban J connectivity index is 1.49. The minimum Gasteiger partial charge on any atom is -0.456 e. The molecule has 4 nitrogen and oxygen atoms in total. The van der Waals surface area contributed by atoms with Gasteiger partial charge in [0.15, 0.2) is 17.5 Å². The van der Waals surface area contributed by atoms with E-state index in [4.69, 9.17) is 19.4 Å². The summed E-state index contributed by atoms with van der Waals surface area (Å²) in [5.74, 6) is 1.90. The van der Waals surface area contributed by atoms with E-state index in [0.29, 0.717) is 17.5 Å². The molecule has 180 valence electrons. The summed E-state index contributed by atoms with van der Waals surface area (Å²) in [4.78, 5) is 14.8. The van der Waals surface area contributed by atoms with Crippen molar-refractivity contribution in [3.05, 3.63) is 126 Å². The molecule has 0 amide bonds. The highest BCUT2D eigenvalue weighted by molar-refractivity contribution is 9.10. The molecular weight excluding hydrogens is 534 g/mol. The molecule has 0 radical (unpaired) electrons. The number of benzene rings is 5. The Hall–Kier alpha value is -4.61. The predicted octanol–water partition coefficient (Wildman–Crippen LogP) is 9.20. The molecule has 0 aliphatic heterocycles. The van der Waals surface area contributed by atoms with Gasteiger partial charge in [0, 0.05) is 31.9 Å². The Morgan fingerprint density at radius 2 is 1.05 bits per heavy atom. The van der Waals surface area contributed by atoms with Gasteiger partial charge >= 0.3 is 0 Å². The van der Waals surface area contributed by atoms with Crippen molar-refractivity contribution in [1.29, 1.82) is 0 Å². The van der Waals surface area contributed by atoms with Gasteiger partial charge in [0.25, 0.3) is 0 Å². The van der Waals surface area contributed by atoms with Crippen LogP contribution in [-0.4, -0.2) is 15.0 Å². The van der Waals surface area contributed by atoms with E-state index in [0.717, 1.165) is 54.2 Å². The molecule has 0 saturated heterocycles. The summed E-state index contributed by atoms with van der Waals surface area (Å²) in [6.45, 7) is 0. The molecule has 0 bridgehead atoms. The number of rotatable bonds is 4. The summed E-state index contributed by atoms with van der Waals surface area (Å²) in [7, 11) is 0. The van der Waals surface area contributed by atoms with Crippen molar-refractivity contribution in [2.45, 2.75) is 0 Å². The number of furan rings is 1. The Bertz CT molecular complexity index is 1870. The second-order valence-electron chi connectivity index (χ2n) is 9.01. The molecule has 38 heavy (non-hydrogen) atoms. The monoisotopic (exact) mass is 553 g/mol. The summed E-state index contributed by atoms with van der Waals surface area (Å²) in [6, 6.07) is 40.6. The first-order valence-electron chi connectivity index (χ1n) is 12.3. The molecule has 0 unspecified atom stereocenters. The molecule has 0 aliphatic rings. The Kier molecular flexibility index (Phi) is 5.56. The first-order valence-corrected chi connectivity index (χ1v) is 13.1. The van der Waals surface area contributed by atoms with Gasteiger partial charge < -0.3 is 4.42 Å². The lowest BCUT2D eigenvalue weighted by Gasteiger charge is -2.12. The van der Waals surface area contributed by atoms with Crippen LogP contribution in [0.4, 0.5) is 0 Å². The number of hydrogen-bond acceptors (Lipinski definition) is 4. The van der Waals surface area contributed by atoms with Crippen molar-refractivity contribution in [3.63, 3.8) is 0 Å². The second kappa shape index (κ2) is 9.36. The van der Waals surface area contributed by atoms with E-state index in [1.165, 1.54) is 0 Å². The van der Waals surface area contributed by atoms with E-state index in [1.54, 1.807) is 0 Å². The highest BCUT2D eigenvalue weighted by atomic mass is 79.9. The van der Waals surface area contributed by atoms with E-state index in [9.17, 15) is 0 Å². The van der Waals surface area contributed by atoms with Crippen LogP contribution in [0.1, 0.15) is 0 Å². The zero-order valence-corrected chi connectivity index (χ0v) is 21.8. The number of halogens is 1. The maximum Gasteiger partial charge on any atom is 0.164 e. The summed E-state index contributed by atoms with van der Waals surface area (Å²) < 4.78 is 7.21.